The van der Waals surface area contributed by atoms with E-state index in [9.17, 15) is 4.57 Å². The van der Waals surface area contributed by atoms with Gasteiger partial charge in [0.25, 0.3) is 0 Å². The molecule has 0 aromatic rings. The molecule has 2 radical (unpaired) electrons. The first-order valence-corrected chi connectivity index (χ1v) is 7.71. The first kappa shape index (κ1) is 17.2. The van der Waals surface area contributed by atoms with E-state index in [1.54, 1.807) is 13.0 Å². The average Bonchev–Trinajstić information content (AvgIpc) is 2.76. The molecule has 1 heterocycles. The van der Waals surface area contributed by atoms with E-state index in [0.717, 1.165) is 0 Å². The van der Waals surface area contributed by atoms with E-state index in [4.69, 9.17) is 37.1 Å². The maximum Gasteiger partial charge on any atom is 0.529 e. The summed E-state index contributed by atoms with van der Waals surface area (Å²) in [4.78, 5) is 0. The summed E-state index contributed by atoms with van der Waals surface area (Å²) >= 11 is 0. The molecule has 1 saturated heterocycles. The molecule has 0 spiro atoms. The van der Waals surface area contributed by atoms with Crippen molar-refractivity contribution in [3.63, 3.8) is 0 Å². The van der Waals surface area contributed by atoms with Crippen LogP contribution in [-0.2, 0) is 22.9 Å². The molecule has 4 unspecified atom stereocenters. The Morgan fingerprint density at radius 1 is 1.65 bits per heavy atom. The van der Waals surface area contributed by atoms with Gasteiger partial charge in [-0.1, -0.05) is 6.08 Å². The first-order valence-electron chi connectivity index (χ1n) is 6.25. The highest BCUT2D eigenvalue weighted by molar-refractivity contribution is 7.48. The third-order valence-electron chi connectivity index (χ3n) is 2.51. The smallest absolute Gasteiger partial charge is 0.412 e. The third kappa shape index (κ3) is 5.27. The highest BCUT2D eigenvalue weighted by atomic mass is 31.2. The lowest BCUT2D eigenvalue weighted by Gasteiger charge is -2.22. The van der Waals surface area contributed by atoms with Crippen molar-refractivity contribution in [2.45, 2.75) is 38.0 Å². The van der Waals surface area contributed by atoms with Crippen LogP contribution in [0, 0.1) is 11.3 Å². The van der Waals surface area contributed by atoms with Gasteiger partial charge in [0.2, 0.25) is 0 Å². The molecule has 110 valence electrons. The minimum Gasteiger partial charge on any atom is -0.412 e. The Bertz CT molecular complexity index is 414. The van der Waals surface area contributed by atoms with Gasteiger partial charge in [0.15, 0.2) is 0 Å². The van der Waals surface area contributed by atoms with Crippen LogP contribution in [0.2, 0.25) is 0 Å². The summed E-state index contributed by atoms with van der Waals surface area (Å²) in [6.07, 6.45) is 2.13. The summed E-state index contributed by atoms with van der Waals surface area (Å²) in [6, 6.07) is 1.35. The third-order valence-corrected chi connectivity index (χ3v) is 3.92. The van der Waals surface area contributed by atoms with Crippen LogP contribution in [0.15, 0.2) is 12.3 Å². The zero-order chi connectivity index (χ0) is 15.0. The van der Waals surface area contributed by atoms with Gasteiger partial charge in [0.1, 0.15) is 7.85 Å². The number of rotatable bonds is 8. The Labute approximate surface area is 120 Å². The van der Waals surface area contributed by atoms with Crippen LogP contribution in [0.1, 0.15) is 19.8 Å². The molecule has 0 aromatic carbocycles. The second kappa shape index (κ2) is 8.45. The largest absolute Gasteiger partial charge is 0.529 e. The summed E-state index contributed by atoms with van der Waals surface area (Å²) in [5.41, 5.74) is 5.54. The molecular formula is C11H18BN2O5P. The van der Waals surface area contributed by atoms with Crippen LogP contribution < -0.4 is 5.73 Å². The number of phosphoric acid groups is 1. The molecule has 1 rings (SSSR count). The van der Waals surface area contributed by atoms with E-state index >= 15 is 0 Å². The van der Waals surface area contributed by atoms with Crippen molar-refractivity contribution in [3.8, 4) is 6.07 Å². The topological polar surface area (TPSA) is 104 Å². The van der Waals surface area contributed by atoms with Gasteiger partial charge < -0.3 is 15.0 Å². The number of allylic oxidation sites excluding steroid dienone is 1. The molecule has 0 aliphatic carbocycles. The highest BCUT2D eigenvalue weighted by Crippen LogP contribution is 2.52. The average molecular weight is 300 g/mol. The van der Waals surface area contributed by atoms with Crippen molar-refractivity contribution in [1.82, 2.24) is 0 Å². The number of hydrogen-bond donors (Lipinski definition) is 1. The number of hydrogen-bond acceptors (Lipinski definition) is 7. The second-order valence-corrected chi connectivity index (χ2v) is 5.67. The van der Waals surface area contributed by atoms with Gasteiger partial charge in [-0.15, -0.1) is 0 Å². The van der Waals surface area contributed by atoms with E-state index in [1.165, 1.54) is 6.26 Å². The zero-order valence-electron chi connectivity index (χ0n) is 11.3. The molecule has 0 saturated carbocycles. The number of phosphoric ester groups is 1. The molecule has 1 aliphatic rings. The van der Waals surface area contributed by atoms with Crippen LogP contribution in [0.4, 0.5) is 0 Å². The van der Waals surface area contributed by atoms with E-state index in [-0.39, 0.29) is 19.6 Å². The van der Waals surface area contributed by atoms with Crippen molar-refractivity contribution in [2.75, 3.05) is 13.2 Å². The van der Waals surface area contributed by atoms with Gasteiger partial charge in [-0.2, -0.15) is 5.26 Å². The van der Waals surface area contributed by atoms with Crippen LogP contribution in [0.5, 0.6) is 0 Å². The van der Waals surface area contributed by atoms with Crippen LogP contribution in [0.3, 0.4) is 0 Å². The maximum atomic E-state index is 12.4. The van der Waals surface area contributed by atoms with Crippen molar-refractivity contribution < 1.29 is 22.9 Å². The van der Waals surface area contributed by atoms with Gasteiger partial charge in [0, 0.05) is 12.5 Å². The summed E-state index contributed by atoms with van der Waals surface area (Å²) in [7, 11) is 1.82. The predicted molar refractivity (Wildman–Crippen MR) is 72.6 cm³/mol. The minimum absolute atomic E-state index is 0.0573. The summed E-state index contributed by atoms with van der Waals surface area (Å²) in [5.74, 6) is 0. The van der Waals surface area contributed by atoms with Crippen LogP contribution in [-0.4, -0.2) is 39.2 Å². The van der Waals surface area contributed by atoms with Gasteiger partial charge in [-0.3, -0.25) is 9.05 Å². The van der Waals surface area contributed by atoms with E-state index in [0.29, 0.717) is 6.42 Å². The predicted octanol–water partition coefficient (Wildman–Crippen LogP) is 1.20. The molecule has 1 aliphatic heterocycles. The standard InChI is InChI=1S/C11H18BN2O5P/c1-2-5-16-20(15,17-6-3-4-13)19-9-7-11(12)18-10(9)8-14/h2,5,9-11H,3,6-8,14H2,1H3. The number of ether oxygens (including phenoxy) is 1. The Balaban J connectivity index is 2.68. The summed E-state index contributed by atoms with van der Waals surface area (Å²) in [6.45, 7) is 1.81. The molecule has 1 fully saturated rings. The lowest BCUT2D eigenvalue weighted by Crippen LogP contribution is -2.31. The molecule has 9 heteroatoms. The second-order valence-electron chi connectivity index (χ2n) is 4.09. The lowest BCUT2D eigenvalue weighted by molar-refractivity contribution is 0.0286. The molecule has 20 heavy (non-hydrogen) atoms. The minimum atomic E-state index is -3.82. The lowest BCUT2D eigenvalue weighted by atomic mass is 9.96. The zero-order valence-corrected chi connectivity index (χ0v) is 12.2. The molecular weight excluding hydrogens is 282 g/mol. The van der Waals surface area contributed by atoms with E-state index < -0.39 is 26.0 Å². The molecule has 0 amide bonds. The molecule has 4 atom stereocenters. The highest BCUT2D eigenvalue weighted by Gasteiger charge is 2.40. The normalized spacial score (nSPS) is 29.1. The molecule has 0 bridgehead atoms. The summed E-state index contributed by atoms with van der Waals surface area (Å²) in [5, 5.41) is 8.47. The van der Waals surface area contributed by atoms with Crippen LogP contribution >= 0.6 is 7.82 Å². The quantitative estimate of drug-likeness (QED) is 0.311. The Hall–Kier alpha value is -0.835. The maximum absolute atomic E-state index is 12.4. The fraction of sp³-hybridized carbons (Fsp3) is 0.727. The van der Waals surface area contributed by atoms with Gasteiger partial charge in [0.05, 0.1) is 37.6 Å². The number of nitrogens with zero attached hydrogens (tertiary/aromatic N) is 1. The number of nitriles is 1. The van der Waals surface area contributed by atoms with Crippen molar-refractivity contribution in [1.29, 1.82) is 5.26 Å². The van der Waals surface area contributed by atoms with Crippen molar-refractivity contribution >= 4 is 15.7 Å². The van der Waals surface area contributed by atoms with Crippen molar-refractivity contribution in [2.24, 2.45) is 5.73 Å². The van der Waals surface area contributed by atoms with Gasteiger partial charge in [-0.25, -0.2) is 4.57 Å². The molecule has 0 aromatic heterocycles. The number of nitrogens with two attached hydrogens (primary N) is 1. The summed E-state index contributed by atoms with van der Waals surface area (Å²) < 4.78 is 33.2. The van der Waals surface area contributed by atoms with Crippen LogP contribution in [0.25, 0.3) is 0 Å². The SMILES string of the molecule is [B]C1CC(OP(=O)(OC=CC)OCCC#N)C(CN)O1. The van der Waals surface area contributed by atoms with E-state index in [1.807, 2.05) is 6.07 Å². The van der Waals surface area contributed by atoms with Gasteiger partial charge >= 0.3 is 7.82 Å². The van der Waals surface area contributed by atoms with Crippen molar-refractivity contribution in [3.05, 3.63) is 12.3 Å². The van der Waals surface area contributed by atoms with E-state index in [2.05, 4.69) is 0 Å². The molecule has 2 N–H and O–H groups in total. The monoisotopic (exact) mass is 300 g/mol. The fourth-order valence-electron chi connectivity index (χ4n) is 1.66. The Morgan fingerprint density at radius 2 is 2.40 bits per heavy atom. The first-order chi connectivity index (χ1) is 9.54. The van der Waals surface area contributed by atoms with Gasteiger partial charge in [-0.05, 0) is 13.3 Å². The fourth-order valence-corrected chi connectivity index (χ4v) is 2.97. The Kier molecular flexibility index (Phi) is 7.28. The molecule has 7 nitrogen and oxygen atoms in total. The Morgan fingerprint density at radius 3 is 3.00 bits per heavy atom.